The van der Waals surface area contributed by atoms with E-state index < -0.39 is 5.41 Å². The Bertz CT molecular complexity index is 226. The van der Waals surface area contributed by atoms with Crippen molar-refractivity contribution in [2.24, 2.45) is 5.92 Å². The summed E-state index contributed by atoms with van der Waals surface area (Å²) < 4.78 is 15.6. The molecule has 0 N–H and O–H groups in total. The third-order valence-corrected chi connectivity index (χ3v) is 4.70. The van der Waals surface area contributed by atoms with Gasteiger partial charge in [-0.3, -0.25) is 0 Å². The molecule has 0 amide bonds. The van der Waals surface area contributed by atoms with Crippen molar-refractivity contribution in [2.75, 3.05) is 20.8 Å². The maximum atomic E-state index is 10.8. The van der Waals surface area contributed by atoms with Gasteiger partial charge in [-0.25, -0.2) is 4.79 Å². The van der Waals surface area contributed by atoms with Crippen LogP contribution in [-0.4, -0.2) is 42.4 Å². The van der Waals surface area contributed by atoms with E-state index in [2.05, 4.69) is 13.5 Å². The summed E-state index contributed by atoms with van der Waals surface area (Å²) in [4.78, 5) is 10.8. The summed E-state index contributed by atoms with van der Waals surface area (Å²) in [6.07, 6.45) is 2.87. The van der Waals surface area contributed by atoms with E-state index in [1.807, 2.05) is 0 Å². The van der Waals surface area contributed by atoms with Crippen LogP contribution in [0.1, 0.15) is 19.8 Å². The van der Waals surface area contributed by atoms with Crippen LogP contribution < -0.4 is 0 Å². The molecule has 0 aliphatic rings. The van der Waals surface area contributed by atoms with Gasteiger partial charge in [-0.1, -0.05) is 13.5 Å². The second-order valence-electron chi connectivity index (χ2n) is 3.84. The lowest BCUT2D eigenvalue weighted by molar-refractivity contribution is -0.174. The Morgan fingerprint density at radius 1 is 1.50 bits per heavy atom. The number of rotatable bonds is 8. The smallest absolute Gasteiger partial charge is 0.330 e. The minimum atomic E-state index is -0.442. The van der Waals surface area contributed by atoms with Crippen molar-refractivity contribution in [1.29, 1.82) is 0 Å². The van der Waals surface area contributed by atoms with Crippen LogP contribution in [0.15, 0.2) is 12.7 Å². The number of ether oxygens (including phenoxy) is 3. The third kappa shape index (κ3) is 4.91. The van der Waals surface area contributed by atoms with Crippen molar-refractivity contribution >= 4 is 16.2 Å². The van der Waals surface area contributed by atoms with Crippen molar-refractivity contribution in [2.45, 2.75) is 25.2 Å². The van der Waals surface area contributed by atoms with Gasteiger partial charge in [0.2, 0.25) is 0 Å². The van der Waals surface area contributed by atoms with Crippen LogP contribution in [0.5, 0.6) is 0 Å². The Balaban J connectivity index is 3.84. The molecule has 0 bridgehead atoms. The van der Waals surface area contributed by atoms with Crippen LogP contribution in [-0.2, 0) is 19.0 Å². The SMILES string of the molecule is C=CC(=O)OCCCC(C)C([SiH3])(OC)OC. The van der Waals surface area contributed by atoms with Crippen molar-refractivity contribution in [3.63, 3.8) is 0 Å². The molecule has 0 fully saturated rings. The standard InChI is InChI=1S/C11H22O4Si/c1-5-10(12)15-8-6-7-9(2)11(16,13-3)14-4/h5,9H,1,6-8H2,2-4,16H3. The molecule has 5 heteroatoms. The Morgan fingerprint density at radius 3 is 2.50 bits per heavy atom. The molecule has 0 rings (SSSR count). The molecule has 1 atom stereocenters. The second-order valence-corrected chi connectivity index (χ2v) is 5.23. The zero-order valence-corrected chi connectivity index (χ0v) is 12.6. The quantitative estimate of drug-likeness (QED) is 0.205. The fourth-order valence-corrected chi connectivity index (χ4v) is 1.66. The van der Waals surface area contributed by atoms with Gasteiger partial charge < -0.3 is 14.2 Å². The zero-order chi connectivity index (χ0) is 12.6. The van der Waals surface area contributed by atoms with Gasteiger partial charge in [0.1, 0.15) is 5.41 Å². The van der Waals surface area contributed by atoms with Crippen LogP contribution in [0, 0.1) is 5.92 Å². The summed E-state index contributed by atoms with van der Waals surface area (Å²) in [6.45, 7) is 5.83. The highest BCUT2D eigenvalue weighted by molar-refractivity contribution is 6.13. The van der Waals surface area contributed by atoms with Crippen molar-refractivity contribution in [3.05, 3.63) is 12.7 Å². The van der Waals surface area contributed by atoms with Crippen LogP contribution >= 0.6 is 0 Å². The Morgan fingerprint density at radius 2 is 2.06 bits per heavy atom. The number of carbonyl (C=O) groups excluding carboxylic acids is 1. The molecular formula is C11H22O4Si. The minimum Gasteiger partial charge on any atom is -0.463 e. The second kappa shape index (κ2) is 7.59. The van der Waals surface area contributed by atoms with E-state index in [4.69, 9.17) is 14.2 Å². The predicted molar refractivity (Wildman–Crippen MR) is 66.2 cm³/mol. The molecule has 4 nitrogen and oxygen atoms in total. The number of esters is 1. The van der Waals surface area contributed by atoms with Crippen molar-refractivity contribution in [3.8, 4) is 0 Å². The maximum absolute atomic E-state index is 10.8. The van der Waals surface area contributed by atoms with E-state index >= 15 is 0 Å². The first-order valence-corrected chi connectivity index (χ1v) is 6.39. The molecule has 0 saturated heterocycles. The molecule has 0 aliphatic heterocycles. The van der Waals surface area contributed by atoms with Gasteiger partial charge in [0.25, 0.3) is 0 Å². The summed E-state index contributed by atoms with van der Waals surface area (Å²) >= 11 is 0. The molecule has 94 valence electrons. The molecule has 0 aliphatic carbocycles. The van der Waals surface area contributed by atoms with E-state index in [0.717, 1.165) is 23.1 Å². The fourth-order valence-electron chi connectivity index (χ4n) is 1.37. The summed E-state index contributed by atoms with van der Waals surface area (Å²) in [5.74, 6) is -0.0835. The minimum absolute atomic E-state index is 0.289. The zero-order valence-electron chi connectivity index (χ0n) is 10.6. The van der Waals surface area contributed by atoms with E-state index in [1.54, 1.807) is 14.2 Å². The third-order valence-electron chi connectivity index (χ3n) is 2.90. The van der Waals surface area contributed by atoms with Gasteiger partial charge in [-0.15, -0.1) is 0 Å². The maximum Gasteiger partial charge on any atom is 0.330 e. The average Bonchev–Trinajstić information content (AvgIpc) is 2.32. The first kappa shape index (κ1) is 15.3. The molecule has 0 radical (unpaired) electrons. The monoisotopic (exact) mass is 246 g/mol. The molecule has 0 aromatic carbocycles. The molecule has 0 aromatic rings. The number of carbonyl (C=O) groups is 1. The van der Waals surface area contributed by atoms with Gasteiger partial charge in [0.05, 0.1) is 16.8 Å². The number of methoxy groups -OCH3 is 2. The topological polar surface area (TPSA) is 44.8 Å². The Kier molecular flexibility index (Phi) is 7.28. The number of hydrogen-bond donors (Lipinski definition) is 0. The molecular weight excluding hydrogens is 224 g/mol. The number of hydrogen-bond acceptors (Lipinski definition) is 4. The fraction of sp³-hybridized carbons (Fsp3) is 0.727. The van der Waals surface area contributed by atoms with E-state index in [-0.39, 0.29) is 11.9 Å². The molecule has 0 spiro atoms. The largest absolute Gasteiger partial charge is 0.463 e. The van der Waals surface area contributed by atoms with Gasteiger partial charge in [-0.05, 0) is 12.8 Å². The van der Waals surface area contributed by atoms with Crippen LogP contribution in [0.3, 0.4) is 0 Å². The Hall–Kier alpha value is -0.653. The predicted octanol–water partition coefficient (Wildman–Crippen LogP) is 0.444. The molecule has 0 heterocycles. The molecule has 1 unspecified atom stereocenters. The molecule has 0 saturated carbocycles. The summed E-state index contributed by atoms with van der Waals surface area (Å²) in [6, 6.07) is 0. The highest BCUT2D eigenvalue weighted by Crippen LogP contribution is 2.22. The Labute approximate surface area is 100 Å². The summed E-state index contributed by atoms with van der Waals surface area (Å²) in [5, 5.41) is 0. The van der Waals surface area contributed by atoms with E-state index in [0.29, 0.717) is 6.61 Å². The van der Waals surface area contributed by atoms with E-state index in [9.17, 15) is 4.79 Å². The first-order valence-electron chi connectivity index (χ1n) is 5.39. The van der Waals surface area contributed by atoms with Crippen molar-refractivity contribution < 1.29 is 19.0 Å². The first-order chi connectivity index (χ1) is 7.50. The average molecular weight is 246 g/mol. The summed E-state index contributed by atoms with van der Waals surface area (Å²) in [7, 11) is 4.12. The lowest BCUT2D eigenvalue weighted by Crippen LogP contribution is -2.41. The van der Waals surface area contributed by atoms with Gasteiger partial charge in [0.15, 0.2) is 0 Å². The molecule has 16 heavy (non-hydrogen) atoms. The van der Waals surface area contributed by atoms with Gasteiger partial charge >= 0.3 is 5.97 Å². The lowest BCUT2D eigenvalue weighted by atomic mass is 10.1. The highest BCUT2D eigenvalue weighted by Gasteiger charge is 2.29. The van der Waals surface area contributed by atoms with Crippen LogP contribution in [0.25, 0.3) is 0 Å². The molecule has 0 aromatic heterocycles. The highest BCUT2D eigenvalue weighted by atomic mass is 28.1. The van der Waals surface area contributed by atoms with Crippen LogP contribution in [0.2, 0.25) is 0 Å². The van der Waals surface area contributed by atoms with Gasteiger partial charge in [-0.2, -0.15) is 0 Å². The normalized spacial score (nSPS) is 13.4. The van der Waals surface area contributed by atoms with E-state index in [1.165, 1.54) is 6.08 Å². The lowest BCUT2D eigenvalue weighted by Gasteiger charge is -2.33. The van der Waals surface area contributed by atoms with Crippen LogP contribution in [0.4, 0.5) is 0 Å². The summed E-state index contributed by atoms with van der Waals surface area (Å²) in [5.41, 5.74) is -0.442. The van der Waals surface area contributed by atoms with Crippen molar-refractivity contribution in [1.82, 2.24) is 0 Å². The van der Waals surface area contributed by atoms with Gasteiger partial charge in [0, 0.05) is 26.2 Å².